The van der Waals surface area contributed by atoms with Crippen molar-refractivity contribution in [3.8, 4) is 0 Å². The minimum Gasteiger partial charge on any atom is -0.346 e. The first-order chi connectivity index (χ1) is 7.11. The third kappa shape index (κ3) is 4.81. The topological polar surface area (TPSA) is 75.4 Å². The number of rotatable bonds is 3. The average Bonchev–Trinajstić information content (AvgIpc) is 2.26. The van der Waals surface area contributed by atoms with E-state index in [0.29, 0.717) is 0 Å². The van der Waals surface area contributed by atoms with Crippen LogP contribution in [-0.4, -0.2) is 42.4 Å². The summed E-state index contributed by atoms with van der Waals surface area (Å²) in [5.74, 6) is -0.288. The van der Waals surface area contributed by atoms with Crippen molar-refractivity contribution in [2.75, 3.05) is 19.6 Å². The summed E-state index contributed by atoms with van der Waals surface area (Å²) in [7, 11) is 0. The monoisotopic (exact) mass is 249 g/mol. The first kappa shape index (κ1) is 15.2. The first-order valence-corrected chi connectivity index (χ1v) is 5.42. The van der Waals surface area contributed by atoms with E-state index >= 15 is 0 Å². The molecule has 1 rings (SSSR count). The lowest BCUT2D eigenvalue weighted by Crippen LogP contribution is -2.46. The SMILES string of the molecule is C[C@H](N)C(=O)NCC(=O)N1CCCCC1.Cl. The van der Waals surface area contributed by atoms with E-state index in [1.165, 1.54) is 6.42 Å². The molecule has 1 atom stereocenters. The van der Waals surface area contributed by atoms with Crippen LogP contribution in [0, 0.1) is 0 Å². The number of carbonyl (C=O) groups is 2. The van der Waals surface area contributed by atoms with Crippen LogP contribution in [0.3, 0.4) is 0 Å². The minimum absolute atomic E-state index is 0. The van der Waals surface area contributed by atoms with Gasteiger partial charge in [-0.25, -0.2) is 0 Å². The number of carbonyl (C=O) groups excluding carboxylic acids is 2. The standard InChI is InChI=1S/C10H19N3O2.ClH/c1-8(11)10(15)12-7-9(14)13-5-3-2-4-6-13;/h8H,2-7,11H2,1H3,(H,12,15);1H/t8-;/m0./s1. The number of likely N-dealkylation sites (tertiary alicyclic amines) is 1. The van der Waals surface area contributed by atoms with Gasteiger partial charge in [-0.1, -0.05) is 0 Å². The summed E-state index contributed by atoms with van der Waals surface area (Å²) < 4.78 is 0. The number of nitrogens with zero attached hydrogens (tertiary/aromatic N) is 1. The molecule has 0 aromatic rings. The Bertz CT molecular complexity index is 240. The molecule has 0 radical (unpaired) electrons. The van der Waals surface area contributed by atoms with Crippen LogP contribution in [0.15, 0.2) is 0 Å². The van der Waals surface area contributed by atoms with Gasteiger partial charge in [0.1, 0.15) is 0 Å². The summed E-state index contributed by atoms with van der Waals surface area (Å²) in [6.07, 6.45) is 3.32. The molecular weight excluding hydrogens is 230 g/mol. The molecule has 0 aliphatic carbocycles. The number of hydrogen-bond acceptors (Lipinski definition) is 3. The van der Waals surface area contributed by atoms with E-state index in [2.05, 4.69) is 5.32 Å². The maximum Gasteiger partial charge on any atom is 0.241 e. The average molecular weight is 250 g/mol. The molecule has 6 heteroatoms. The van der Waals surface area contributed by atoms with Crippen molar-refractivity contribution in [1.82, 2.24) is 10.2 Å². The van der Waals surface area contributed by atoms with E-state index in [0.717, 1.165) is 25.9 Å². The van der Waals surface area contributed by atoms with Gasteiger partial charge in [0, 0.05) is 13.1 Å². The zero-order chi connectivity index (χ0) is 11.3. The van der Waals surface area contributed by atoms with Crippen LogP contribution in [0.5, 0.6) is 0 Å². The second-order valence-electron chi connectivity index (χ2n) is 3.95. The molecule has 1 aliphatic rings. The van der Waals surface area contributed by atoms with E-state index in [1.807, 2.05) is 0 Å². The summed E-state index contributed by atoms with van der Waals surface area (Å²) in [4.78, 5) is 24.5. The molecule has 1 aliphatic heterocycles. The Morgan fingerprint density at radius 2 is 1.88 bits per heavy atom. The van der Waals surface area contributed by atoms with E-state index in [-0.39, 0.29) is 30.8 Å². The smallest absolute Gasteiger partial charge is 0.241 e. The molecule has 3 N–H and O–H groups in total. The molecule has 0 spiro atoms. The highest BCUT2D eigenvalue weighted by Crippen LogP contribution is 2.08. The molecule has 0 aromatic heterocycles. The molecule has 5 nitrogen and oxygen atoms in total. The molecule has 1 heterocycles. The lowest BCUT2D eigenvalue weighted by molar-refractivity contribution is -0.133. The van der Waals surface area contributed by atoms with Crippen molar-refractivity contribution in [2.24, 2.45) is 5.73 Å². The third-order valence-electron chi connectivity index (χ3n) is 2.54. The van der Waals surface area contributed by atoms with Gasteiger partial charge in [-0.15, -0.1) is 12.4 Å². The molecule has 94 valence electrons. The van der Waals surface area contributed by atoms with Gasteiger partial charge in [0.05, 0.1) is 12.6 Å². The number of nitrogens with one attached hydrogen (secondary N) is 1. The third-order valence-corrected chi connectivity index (χ3v) is 2.54. The van der Waals surface area contributed by atoms with Crippen molar-refractivity contribution in [3.63, 3.8) is 0 Å². The molecular formula is C10H20ClN3O2. The van der Waals surface area contributed by atoms with Gasteiger partial charge < -0.3 is 16.0 Å². The Kier molecular flexibility index (Phi) is 7.08. The zero-order valence-corrected chi connectivity index (χ0v) is 10.4. The molecule has 0 aromatic carbocycles. The van der Waals surface area contributed by atoms with Crippen LogP contribution in [0.1, 0.15) is 26.2 Å². The highest BCUT2D eigenvalue weighted by Gasteiger charge is 2.17. The number of nitrogens with two attached hydrogens (primary N) is 1. The number of hydrogen-bond donors (Lipinski definition) is 2. The van der Waals surface area contributed by atoms with Gasteiger partial charge in [0.25, 0.3) is 0 Å². The fraction of sp³-hybridized carbons (Fsp3) is 0.800. The summed E-state index contributed by atoms with van der Waals surface area (Å²) in [6, 6.07) is -0.556. The lowest BCUT2D eigenvalue weighted by atomic mass is 10.1. The van der Waals surface area contributed by atoms with Crippen LogP contribution in [0.4, 0.5) is 0 Å². The summed E-state index contributed by atoms with van der Waals surface area (Å²) in [6.45, 7) is 3.29. The van der Waals surface area contributed by atoms with E-state index in [9.17, 15) is 9.59 Å². The minimum atomic E-state index is -0.556. The molecule has 0 saturated carbocycles. The fourth-order valence-corrected chi connectivity index (χ4v) is 1.58. The van der Waals surface area contributed by atoms with Gasteiger partial charge in [0.2, 0.25) is 11.8 Å². The second-order valence-corrected chi connectivity index (χ2v) is 3.95. The largest absolute Gasteiger partial charge is 0.346 e. The van der Waals surface area contributed by atoms with Crippen LogP contribution in [0.25, 0.3) is 0 Å². The van der Waals surface area contributed by atoms with Crippen LogP contribution >= 0.6 is 12.4 Å². The van der Waals surface area contributed by atoms with Crippen LogP contribution < -0.4 is 11.1 Å². The second kappa shape index (κ2) is 7.46. The van der Waals surface area contributed by atoms with Crippen molar-refractivity contribution in [1.29, 1.82) is 0 Å². The highest BCUT2D eigenvalue weighted by molar-refractivity contribution is 5.87. The zero-order valence-electron chi connectivity index (χ0n) is 9.57. The normalized spacial score (nSPS) is 17.2. The predicted octanol–water partition coefficient (Wildman–Crippen LogP) is -0.116. The maximum atomic E-state index is 11.6. The van der Waals surface area contributed by atoms with E-state index < -0.39 is 6.04 Å². The highest BCUT2D eigenvalue weighted by atomic mass is 35.5. The van der Waals surface area contributed by atoms with E-state index in [1.54, 1.807) is 11.8 Å². The summed E-state index contributed by atoms with van der Waals surface area (Å²) in [5.41, 5.74) is 5.36. The van der Waals surface area contributed by atoms with Gasteiger partial charge >= 0.3 is 0 Å². The fourth-order valence-electron chi connectivity index (χ4n) is 1.58. The van der Waals surface area contributed by atoms with Crippen molar-refractivity contribution in [2.45, 2.75) is 32.2 Å². The Balaban J connectivity index is 0.00000225. The molecule has 1 fully saturated rings. The van der Waals surface area contributed by atoms with Gasteiger partial charge in [-0.3, -0.25) is 9.59 Å². The van der Waals surface area contributed by atoms with Crippen LogP contribution in [0.2, 0.25) is 0 Å². The number of amides is 2. The maximum absolute atomic E-state index is 11.6. The molecule has 16 heavy (non-hydrogen) atoms. The van der Waals surface area contributed by atoms with E-state index in [4.69, 9.17) is 5.73 Å². The number of piperidine rings is 1. The molecule has 1 saturated heterocycles. The Labute approximate surface area is 102 Å². The van der Waals surface area contributed by atoms with Crippen molar-refractivity contribution < 1.29 is 9.59 Å². The summed E-state index contributed by atoms with van der Waals surface area (Å²) >= 11 is 0. The van der Waals surface area contributed by atoms with Gasteiger partial charge in [-0.05, 0) is 26.2 Å². The first-order valence-electron chi connectivity index (χ1n) is 5.42. The quantitative estimate of drug-likeness (QED) is 0.733. The number of halogens is 1. The van der Waals surface area contributed by atoms with Crippen molar-refractivity contribution in [3.05, 3.63) is 0 Å². The Morgan fingerprint density at radius 1 is 1.31 bits per heavy atom. The van der Waals surface area contributed by atoms with Crippen LogP contribution in [-0.2, 0) is 9.59 Å². The predicted molar refractivity (Wildman–Crippen MR) is 64.3 cm³/mol. The van der Waals surface area contributed by atoms with Gasteiger partial charge in [0.15, 0.2) is 0 Å². The Morgan fingerprint density at radius 3 is 2.38 bits per heavy atom. The van der Waals surface area contributed by atoms with Gasteiger partial charge in [-0.2, -0.15) is 0 Å². The molecule has 0 unspecified atom stereocenters. The molecule has 2 amide bonds. The lowest BCUT2D eigenvalue weighted by Gasteiger charge is -2.26. The summed E-state index contributed by atoms with van der Waals surface area (Å²) in [5, 5.41) is 2.52. The molecule has 0 bridgehead atoms. The van der Waals surface area contributed by atoms with Crippen molar-refractivity contribution >= 4 is 24.2 Å². The Hall–Kier alpha value is -0.810.